The fourth-order valence-corrected chi connectivity index (χ4v) is 2.93. The van der Waals surface area contributed by atoms with Gasteiger partial charge in [-0.25, -0.2) is 4.79 Å². The van der Waals surface area contributed by atoms with Gasteiger partial charge in [-0.2, -0.15) is 8.78 Å². The minimum absolute atomic E-state index is 0.00193. The first kappa shape index (κ1) is 13.6. The molecule has 0 bridgehead atoms. The Morgan fingerprint density at radius 3 is 2.72 bits per heavy atom. The molecule has 0 aromatic rings. The first-order valence-electron chi connectivity index (χ1n) is 5.96. The number of ether oxygens (including phenoxy) is 2. The number of halogens is 2. The Morgan fingerprint density at radius 2 is 2.11 bits per heavy atom. The van der Waals surface area contributed by atoms with Crippen LogP contribution in [0.15, 0.2) is 0 Å². The van der Waals surface area contributed by atoms with Gasteiger partial charge in [0.2, 0.25) is 0 Å². The maximum atomic E-state index is 12.4. The summed E-state index contributed by atoms with van der Waals surface area (Å²) in [5, 5.41) is 9.68. The molecule has 5 atom stereocenters. The predicted octanol–water partition coefficient (Wildman–Crippen LogP) is 0.461. The second-order valence-electron chi connectivity index (χ2n) is 5.19. The predicted molar refractivity (Wildman–Crippen MR) is 56.4 cm³/mol. The summed E-state index contributed by atoms with van der Waals surface area (Å²) < 4.78 is 34.5. The number of esters is 1. The molecule has 18 heavy (non-hydrogen) atoms. The van der Waals surface area contributed by atoms with E-state index in [-0.39, 0.29) is 18.4 Å². The molecule has 2 aliphatic rings. The Labute approximate surface area is 103 Å². The second-order valence-corrected chi connectivity index (χ2v) is 5.19. The minimum Gasteiger partial charge on any atom is -0.457 e. The summed E-state index contributed by atoms with van der Waals surface area (Å²) in [6, 6.07) is -3.99. The molecule has 2 fully saturated rings. The number of alkyl halides is 2. The molecule has 1 heterocycles. The van der Waals surface area contributed by atoms with Crippen molar-refractivity contribution in [3.8, 4) is 0 Å². The largest absolute Gasteiger partial charge is 0.457 e. The Bertz CT molecular complexity index is 333. The van der Waals surface area contributed by atoms with Crippen LogP contribution in [0, 0.1) is 17.8 Å². The van der Waals surface area contributed by atoms with Crippen LogP contribution in [0.3, 0.4) is 0 Å². The summed E-state index contributed by atoms with van der Waals surface area (Å²) >= 11 is 0. The van der Waals surface area contributed by atoms with Gasteiger partial charge in [-0.1, -0.05) is 6.92 Å². The highest BCUT2D eigenvalue weighted by Gasteiger charge is 2.49. The normalized spacial score (nSPS) is 39.7. The van der Waals surface area contributed by atoms with Gasteiger partial charge in [0.25, 0.3) is 0 Å². The third-order valence-electron chi connectivity index (χ3n) is 3.71. The van der Waals surface area contributed by atoms with E-state index < -0.39 is 24.4 Å². The molecule has 3 N–H and O–H groups in total. The molecule has 0 aromatic carbocycles. The Morgan fingerprint density at radius 1 is 1.50 bits per heavy atom. The lowest BCUT2D eigenvalue weighted by Crippen LogP contribution is -2.41. The van der Waals surface area contributed by atoms with Gasteiger partial charge in [-0.05, 0) is 24.7 Å². The molecule has 0 radical (unpaired) electrons. The van der Waals surface area contributed by atoms with Crippen LogP contribution in [0.2, 0.25) is 0 Å². The third-order valence-corrected chi connectivity index (χ3v) is 3.71. The molecule has 1 aliphatic carbocycles. The van der Waals surface area contributed by atoms with Crippen molar-refractivity contribution in [1.82, 2.24) is 0 Å². The van der Waals surface area contributed by atoms with Crippen LogP contribution >= 0.6 is 0 Å². The molecule has 2 rings (SSSR count). The quantitative estimate of drug-likeness (QED) is 0.572. The summed E-state index contributed by atoms with van der Waals surface area (Å²) in [5.41, 5.74) is 4.32. The van der Waals surface area contributed by atoms with Gasteiger partial charge in [-0.3, -0.25) is 5.73 Å². The van der Waals surface area contributed by atoms with Crippen molar-refractivity contribution in [3.05, 3.63) is 0 Å². The zero-order valence-corrected chi connectivity index (χ0v) is 10.0. The van der Waals surface area contributed by atoms with Crippen LogP contribution in [-0.2, 0) is 14.3 Å². The Balaban J connectivity index is 1.89. The fraction of sp³-hybridized carbons (Fsp3) is 0.909. The molecular formula is C11H17F2NO4. The standard InChI is InChI=1S/C11H17F2NO4/c1-5-2-6-7(3-5)9(15)18-8(6)4-17-10(16)11(12,13)14/h5-9,15H,2-4,14H2,1H3. The number of aliphatic hydroxyl groups excluding tert-OH is 1. The number of hydrogen-bond donors (Lipinski definition) is 2. The smallest absolute Gasteiger partial charge is 0.397 e. The lowest BCUT2D eigenvalue weighted by atomic mass is 9.94. The summed E-state index contributed by atoms with van der Waals surface area (Å²) in [4.78, 5) is 10.8. The molecule has 5 nitrogen and oxygen atoms in total. The average molecular weight is 265 g/mol. The number of carbonyl (C=O) groups excluding carboxylic acids is 1. The highest BCUT2D eigenvalue weighted by Crippen LogP contribution is 2.46. The second kappa shape index (κ2) is 4.71. The summed E-state index contributed by atoms with van der Waals surface area (Å²) in [6.45, 7) is 1.76. The van der Waals surface area contributed by atoms with Gasteiger partial charge in [0.05, 0.1) is 6.10 Å². The molecule has 1 saturated carbocycles. The van der Waals surface area contributed by atoms with Crippen molar-refractivity contribution in [2.75, 3.05) is 6.61 Å². The molecule has 1 aliphatic heterocycles. The van der Waals surface area contributed by atoms with Crippen molar-refractivity contribution >= 4 is 5.97 Å². The Hall–Kier alpha value is -0.790. The number of carbonyl (C=O) groups is 1. The maximum Gasteiger partial charge on any atom is 0.397 e. The minimum atomic E-state index is -3.99. The van der Waals surface area contributed by atoms with Gasteiger partial charge in [-0.15, -0.1) is 0 Å². The zero-order chi connectivity index (χ0) is 13.5. The van der Waals surface area contributed by atoms with Crippen LogP contribution in [0.5, 0.6) is 0 Å². The van der Waals surface area contributed by atoms with Gasteiger partial charge in [0.1, 0.15) is 6.61 Å². The third kappa shape index (κ3) is 2.62. The van der Waals surface area contributed by atoms with E-state index in [1.807, 2.05) is 0 Å². The highest BCUT2D eigenvalue weighted by atomic mass is 19.3. The highest BCUT2D eigenvalue weighted by molar-refractivity contribution is 5.76. The molecule has 0 spiro atoms. The van der Waals surface area contributed by atoms with E-state index in [0.717, 1.165) is 12.8 Å². The summed E-state index contributed by atoms with van der Waals surface area (Å²) in [7, 11) is 0. The molecular weight excluding hydrogens is 248 g/mol. The van der Waals surface area contributed by atoms with Crippen LogP contribution in [0.25, 0.3) is 0 Å². The summed E-state index contributed by atoms with van der Waals surface area (Å²) in [5.74, 6) is -1.26. The zero-order valence-electron chi connectivity index (χ0n) is 10.0. The van der Waals surface area contributed by atoms with Gasteiger partial charge in [0, 0.05) is 5.92 Å². The molecule has 0 amide bonds. The van der Waals surface area contributed by atoms with Gasteiger partial charge >= 0.3 is 12.0 Å². The van der Waals surface area contributed by atoms with E-state index >= 15 is 0 Å². The molecule has 5 unspecified atom stereocenters. The average Bonchev–Trinajstić information content (AvgIpc) is 2.74. The van der Waals surface area contributed by atoms with E-state index in [0.29, 0.717) is 5.92 Å². The van der Waals surface area contributed by atoms with Crippen LogP contribution in [0.4, 0.5) is 8.78 Å². The van der Waals surface area contributed by atoms with E-state index in [1.54, 1.807) is 0 Å². The van der Waals surface area contributed by atoms with Crippen LogP contribution in [0.1, 0.15) is 19.8 Å². The van der Waals surface area contributed by atoms with Crippen molar-refractivity contribution in [2.24, 2.45) is 23.5 Å². The molecule has 7 heteroatoms. The molecule has 104 valence electrons. The monoisotopic (exact) mass is 265 g/mol. The van der Waals surface area contributed by atoms with Crippen molar-refractivity contribution in [3.63, 3.8) is 0 Å². The number of fused-ring (bicyclic) bond motifs is 1. The topological polar surface area (TPSA) is 81.8 Å². The lowest BCUT2D eigenvalue weighted by Gasteiger charge is -2.18. The van der Waals surface area contributed by atoms with Crippen molar-refractivity contribution in [2.45, 2.75) is 38.2 Å². The number of aliphatic hydroxyl groups is 1. The fourth-order valence-electron chi connectivity index (χ4n) is 2.93. The first-order valence-corrected chi connectivity index (χ1v) is 5.96. The first-order chi connectivity index (χ1) is 8.29. The van der Waals surface area contributed by atoms with E-state index in [4.69, 9.17) is 4.74 Å². The Kier molecular flexibility index (Phi) is 3.57. The number of hydrogen-bond acceptors (Lipinski definition) is 5. The molecule has 1 saturated heterocycles. The van der Waals surface area contributed by atoms with Crippen molar-refractivity contribution in [1.29, 1.82) is 0 Å². The van der Waals surface area contributed by atoms with E-state index in [2.05, 4.69) is 17.4 Å². The summed E-state index contributed by atoms with van der Waals surface area (Å²) in [6.07, 6.45) is 0.245. The number of rotatable bonds is 3. The maximum absolute atomic E-state index is 12.4. The van der Waals surface area contributed by atoms with Crippen LogP contribution in [-0.4, -0.2) is 36.1 Å². The molecule has 0 aromatic heterocycles. The van der Waals surface area contributed by atoms with Gasteiger partial charge in [0.15, 0.2) is 6.29 Å². The van der Waals surface area contributed by atoms with Crippen LogP contribution < -0.4 is 5.73 Å². The SMILES string of the molecule is CC1CC2C(O)OC(COC(=O)C(N)(F)F)C2C1. The lowest BCUT2D eigenvalue weighted by molar-refractivity contribution is -0.179. The van der Waals surface area contributed by atoms with Gasteiger partial charge < -0.3 is 14.6 Å². The van der Waals surface area contributed by atoms with Crippen molar-refractivity contribution < 1.29 is 28.2 Å². The number of nitrogens with two attached hydrogens (primary N) is 1. The van der Waals surface area contributed by atoms with E-state index in [1.165, 1.54) is 0 Å². The van der Waals surface area contributed by atoms with E-state index in [9.17, 15) is 18.7 Å².